The number of carbonyl (C=O) groups is 1. The normalized spacial score (nSPS) is 22.6. The predicted molar refractivity (Wildman–Crippen MR) is 77.6 cm³/mol. The monoisotopic (exact) mass is 276 g/mol. The fraction of sp³-hybridized carbons (Fsp3) is 0.733. The number of amides is 1. The molecule has 3 heterocycles. The van der Waals surface area contributed by atoms with Crippen LogP contribution in [0.3, 0.4) is 0 Å². The van der Waals surface area contributed by atoms with Crippen LogP contribution in [0, 0.1) is 0 Å². The highest BCUT2D eigenvalue weighted by Crippen LogP contribution is 2.38. The third-order valence-electron chi connectivity index (χ3n) is 5.12. The van der Waals surface area contributed by atoms with Gasteiger partial charge in [0.2, 0.25) is 0 Å². The zero-order valence-corrected chi connectivity index (χ0v) is 12.5. The Labute approximate surface area is 120 Å². The zero-order chi connectivity index (χ0) is 14.2. The molecule has 3 rings (SSSR count). The summed E-state index contributed by atoms with van der Waals surface area (Å²) in [7, 11) is 1.88. The van der Waals surface area contributed by atoms with Crippen LogP contribution in [0.4, 0.5) is 0 Å². The number of hydrogen-bond donors (Lipinski definition) is 0. The van der Waals surface area contributed by atoms with Gasteiger partial charge in [-0.3, -0.25) is 9.69 Å². The van der Waals surface area contributed by atoms with Gasteiger partial charge in [-0.1, -0.05) is 6.92 Å². The van der Waals surface area contributed by atoms with Gasteiger partial charge in [0, 0.05) is 38.1 Å². The molecule has 110 valence electrons. The minimum atomic E-state index is 0.0772. The van der Waals surface area contributed by atoms with Crippen LogP contribution in [-0.4, -0.2) is 57.0 Å². The van der Waals surface area contributed by atoms with Crippen LogP contribution in [0.15, 0.2) is 12.4 Å². The Morgan fingerprint density at radius 1 is 1.30 bits per heavy atom. The molecule has 1 amide bonds. The van der Waals surface area contributed by atoms with Crippen LogP contribution in [-0.2, 0) is 7.05 Å². The molecule has 2 aliphatic rings. The fourth-order valence-corrected chi connectivity index (χ4v) is 3.89. The van der Waals surface area contributed by atoms with E-state index in [1.54, 1.807) is 10.8 Å². The van der Waals surface area contributed by atoms with Crippen molar-refractivity contribution in [3.05, 3.63) is 18.2 Å². The lowest BCUT2D eigenvalue weighted by atomic mass is 9.85. The summed E-state index contributed by atoms with van der Waals surface area (Å²) in [6.45, 7) is 6.33. The molecule has 2 aliphatic heterocycles. The standard InChI is InChI=1S/C15H24N4O/c1-3-19-9-4-5-15(19)6-10-18(11-7-15)14(20)13-16-8-12-17(13)2/h8,12H,3-7,9-11H2,1-2H3. The maximum absolute atomic E-state index is 12.5. The minimum Gasteiger partial charge on any atom is -0.336 e. The number of likely N-dealkylation sites (tertiary alicyclic amines) is 2. The zero-order valence-electron chi connectivity index (χ0n) is 12.5. The van der Waals surface area contributed by atoms with Crippen molar-refractivity contribution in [1.29, 1.82) is 0 Å². The van der Waals surface area contributed by atoms with E-state index in [4.69, 9.17) is 0 Å². The van der Waals surface area contributed by atoms with Crippen LogP contribution in [0.1, 0.15) is 43.2 Å². The first kappa shape index (κ1) is 13.6. The number of rotatable bonds is 2. The highest BCUT2D eigenvalue weighted by molar-refractivity contribution is 5.90. The van der Waals surface area contributed by atoms with Gasteiger partial charge in [0.25, 0.3) is 5.91 Å². The van der Waals surface area contributed by atoms with Gasteiger partial charge in [-0.15, -0.1) is 0 Å². The summed E-state index contributed by atoms with van der Waals surface area (Å²) in [6, 6.07) is 0. The maximum atomic E-state index is 12.5. The van der Waals surface area contributed by atoms with Crippen molar-refractivity contribution in [3.63, 3.8) is 0 Å². The first-order valence-electron chi connectivity index (χ1n) is 7.68. The highest BCUT2D eigenvalue weighted by atomic mass is 16.2. The molecule has 0 N–H and O–H groups in total. The third-order valence-corrected chi connectivity index (χ3v) is 5.12. The lowest BCUT2D eigenvalue weighted by Crippen LogP contribution is -2.53. The molecular formula is C15H24N4O. The second-order valence-electron chi connectivity index (χ2n) is 6.06. The molecule has 20 heavy (non-hydrogen) atoms. The van der Waals surface area contributed by atoms with Gasteiger partial charge in [-0.2, -0.15) is 0 Å². The Morgan fingerprint density at radius 3 is 2.65 bits per heavy atom. The van der Waals surface area contributed by atoms with Gasteiger partial charge in [0.1, 0.15) is 0 Å². The van der Waals surface area contributed by atoms with Crippen molar-refractivity contribution < 1.29 is 4.79 Å². The SMILES string of the molecule is CCN1CCCC12CCN(C(=O)c1nccn1C)CC2. The molecule has 0 radical (unpaired) electrons. The number of aryl methyl sites for hydroxylation is 1. The lowest BCUT2D eigenvalue weighted by molar-refractivity contribution is 0.0421. The molecule has 5 nitrogen and oxygen atoms in total. The Morgan fingerprint density at radius 2 is 2.05 bits per heavy atom. The molecule has 0 unspecified atom stereocenters. The van der Waals surface area contributed by atoms with Crippen molar-refractivity contribution >= 4 is 5.91 Å². The van der Waals surface area contributed by atoms with E-state index in [2.05, 4.69) is 16.8 Å². The first-order valence-corrected chi connectivity index (χ1v) is 7.68. The Bertz CT molecular complexity index is 488. The third kappa shape index (κ3) is 2.14. The molecule has 1 spiro atoms. The molecule has 5 heteroatoms. The average Bonchev–Trinajstić information content (AvgIpc) is 3.05. The second-order valence-corrected chi connectivity index (χ2v) is 6.06. The summed E-state index contributed by atoms with van der Waals surface area (Å²) < 4.78 is 1.81. The summed E-state index contributed by atoms with van der Waals surface area (Å²) in [5.74, 6) is 0.633. The van der Waals surface area contributed by atoms with Crippen LogP contribution in [0.5, 0.6) is 0 Å². The highest BCUT2D eigenvalue weighted by Gasteiger charge is 2.43. The van der Waals surface area contributed by atoms with E-state index >= 15 is 0 Å². The molecule has 0 atom stereocenters. The van der Waals surface area contributed by atoms with Gasteiger partial charge >= 0.3 is 0 Å². The molecule has 0 aromatic carbocycles. The molecule has 2 fully saturated rings. The maximum Gasteiger partial charge on any atom is 0.289 e. The Balaban J connectivity index is 1.67. The number of hydrogen-bond acceptors (Lipinski definition) is 3. The largest absolute Gasteiger partial charge is 0.336 e. The smallest absolute Gasteiger partial charge is 0.289 e. The fourth-order valence-electron chi connectivity index (χ4n) is 3.89. The van der Waals surface area contributed by atoms with E-state index in [1.807, 2.05) is 18.1 Å². The van der Waals surface area contributed by atoms with Crippen molar-refractivity contribution in [2.45, 2.75) is 38.1 Å². The van der Waals surface area contributed by atoms with Crippen molar-refractivity contribution in [3.8, 4) is 0 Å². The second kappa shape index (κ2) is 5.20. The van der Waals surface area contributed by atoms with Gasteiger partial charge in [0.15, 0.2) is 5.82 Å². The summed E-state index contributed by atoms with van der Waals surface area (Å²) in [5, 5.41) is 0. The van der Waals surface area contributed by atoms with E-state index in [9.17, 15) is 4.79 Å². The van der Waals surface area contributed by atoms with Crippen LogP contribution in [0.2, 0.25) is 0 Å². The quantitative estimate of drug-likeness (QED) is 0.822. The number of piperidine rings is 1. The summed E-state index contributed by atoms with van der Waals surface area (Å²) in [4.78, 5) is 21.2. The van der Waals surface area contributed by atoms with Crippen LogP contribution >= 0.6 is 0 Å². The van der Waals surface area contributed by atoms with Crippen molar-refractivity contribution in [1.82, 2.24) is 19.4 Å². The topological polar surface area (TPSA) is 41.4 Å². The first-order chi connectivity index (χ1) is 9.66. The van der Waals surface area contributed by atoms with E-state index in [0.717, 1.165) is 32.5 Å². The van der Waals surface area contributed by atoms with Crippen molar-refractivity contribution in [2.24, 2.45) is 7.05 Å². The van der Waals surface area contributed by atoms with E-state index in [0.29, 0.717) is 11.4 Å². The molecule has 0 saturated carbocycles. The Hall–Kier alpha value is -1.36. The van der Waals surface area contributed by atoms with E-state index < -0.39 is 0 Å². The minimum absolute atomic E-state index is 0.0772. The number of imidazole rings is 1. The lowest BCUT2D eigenvalue weighted by Gasteiger charge is -2.44. The van der Waals surface area contributed by atoms with Crippen molar-refractivity contribution in [2.75, 3.05) is 26.2 Å². The number of carbonyl (C=O) groups excluding carboxylic acids is 1. The van der Waals surface area contributed by atoms with Gasteiger partial charge in [0.05, 0.1) is 0 Å². The molecule has 2 saturated heterocycles. The molecular weight excluding hydrogens is 252 g/mol. The average molecular weight is 276 g/mol. The molecule has 0 bridgehead atoms. The molecule has 1 aromatic rings. The number of aromatic nitrogens is 2. The molecule has 0 aliphatic carbocycles. The molecule has 1 aromatic heterocycles. The van der Waals surface area contributed by atoms with Gasteiger partial charge in [-0.25, -0.2) is 4.98 Å². The summed E-state index contributed by atoms with van der Waals surface area (Å²) in [6.07, 6.45) is 8.34. The summed E-state index contributed by atoms with van der Waals surface area (Å²) >= 11 is 0. The predicted octanol–water partition coefficient (Wildman–Crippen LogP) is 1.51. The van der Waals surface area contributed by atoms with E-state index in [1.165, 1.54) is 19.4 Å². The summed E-state index contributed by atoms with van der Waals surface area (Å²) in [5.41, 5.74) is 0.368. The Kier molecular flexibility index (Phi) is 3.54. The van der Waals surface area contributed by atoms with Gasteiger partial charge in [-0.05, 0) is 38.8 Å². The van der Waals surface area contributed by atoms with E-state index in [-0.39, 0.29) is 5.91 Å². The van der Waals surface area contributed by atoms with Crippen LogP contribution in [0.25, 0.3) is 0 Å². The van der Waals surface area contributed by atoms with Crippen LogP contribution < -0.4 is 0 Å². The number of nitrogens with zero attached hydrogens (tertiary/aromatic N) is 4. The van der Waals surface area contributed by atoms with Gasteiger partial charge < -0.3 is 9.47 Å².